The van der Waals surface area contributed by atoms with E-state index in [2.05, 4.69) is 49.5 Å². The molecule has 0 bridgehead atoms. The van der Waals surface area contributed by atoms with Crippen LogP contribution in [-0.2, 0) is 9.59 Å². The van der Waals surface area contributed by atoms with Gasteiger partial charge in [-0.1, -0.05) is 47.0 Å². The van der Waals surface area contributed by atoms with Gasteiger partial charge < -0.3 is 9.80 Å². The molecule has 2 rings (SSSR count). The summed E-state index contributed by atoms with van der Waals surface area (Å²) in [5.74, 6) is 0.740. The van der Waals surface area contributed by atoms with Crippen LogP contribution in [0.1, 0.15) is 65.1 Å². The maximum atomic E-state index is 12.7. The van der Waals surface area contributed by atoms with Gasteiger partial charge in [-0.2, -0.15) is 15.0 Å². The third-order valence-electron chi connectivity index (χ3n) is 5.61. The minimum absolute atomic E-state index is 0.0673. The minimum atomic E-state index is -0.544. The minimum Gasteiger partial charge on any atom is -0.338 e. The Labute approximate surface area is 190 Å². The van der Waals surface area contributed by atoms with Crippen molar-refractivity contribution < 1.29 is 14.8 Å². The summed E-state index contributed by atoms with van der Waals surface area (Å²) in [6.07, 6.45) is 3.69. The molecule has 32 heavy (non-hydrogen) atoms. The summed E-state index contributed by atoms with van der Waals surface area (Å²) >= 11 is 0. The molecule has 1 fully saturated rings. The number of unbranched alkanes of at least 4 members (excludes halogenated alkanes) is 2. The van der Waals surface area contributed by atoms with Gasteiger partial charge in [0.1, 0.15) is 5.82 Å². The molecule has 3 N–H and O–H groups in total. The van der Waals surface area contributed by atoms with Gasteiger partial charge in [0.25, 0.3) is 0 Å². The molecule has 0 saturated carbocycles. The standard InChI is InChI=1S/C21H38N8O3/c1-5-7-8-9-17(14-29(32)15-30)19(31)25-26-20-22-18(16(3)4)23-21(24-20)28-12-10-27(6-2)11-13-28/h15-17,32H,5-14H2,1-4H3,(H,25,31)(H,22,23,24,26)/t17-/m0/s1. The summed E-state index contributed by atoms with van der Waals surface area (Å²) in [4.78, 5) is 41.6. The molecule has 11 nitrogen and oxygen atoms in total. The molecule has 1 aromatic rings. The van der Waals surface area contributed by atoms with E-state index in [0.29, 0.717) is 29.7 Å². The molecule has 2 amide bonds. The van der Waals surface area contributed by atoms with E-state index in [1.54, 1.807) is 0 Å². The first-order valence-corrected chi connectivity index (χ1v) is 11.6. The van der Waals surface area contributed by atoms with Crippen molar-refractivity contribution in [3.8, 4) is 0 Å². The maximum Gasteiger partial charge on any atom is 0.246 e. The first kappa shape index (κ1) is 25.7. The van der Waals surface area contributed by atoms with Crippen LogP contribution in [0.3, 0.4) is 0 Å². The summed E-state index contributed by atoms with van der Waals surface area (Å²) in [5.41, 5.74) is 5.46. The highest BCUT2D eigenvalue weighted by Crippen LogP contribution is 2.18. The number of carbonyl (C=O) groups is 2. The lowest BCUT2D eigenvalue weighted by Crippen LogP contribution is -2.47. The average molecular weight is 451 g/mol. The van der Waals surface area contributed by atoms with Crippen molar-refractivity contribution >= 4 is 24.2 Å². The van der Waals surface area contributed by atoms with E-state index >= 15 is 0 Å². The first-order valence-electron chi connectivity index (χ1n) is 11.6. The fourth-order valence-electron chi connectivity index (χ4n) is 3.53. The smallest absolute Gasteiger partial charge is 0.246 e. The van der Waals surface area contributed by atoms with Crippen LogP contribution in [0.25, 0.3) is 0 Å². The van der Waals surface area contributed by atoms with Crippen molar-refractivity contribution in [1.82, 2.24) is 30.3 Å². The van der Waals surface area contributed by atoms with Crippen molar-refractivity contribution in [3.05, 3.63) is 5.82 Å². The SMILES string of the molecule is CCCCC[C@@H](CN(O)C=O)C(=O)NNc1nc(C(C)C)nc(N2CCN(CC)CC2)n1. The van der Waals surface area contributed by atoms with Gasteiger partial charge >= 0.3 is 0 Å². The number of hydrazine groups is 1. The van der Waals surface area contributed by atoms with Crippen molar-refractivity contribution in [2.24, 2.45) is 5.92 Å². The number of carbonyl (C=O) groups excluding carboxylic acids is 2. The van der Waals surface area contributed by atoms with Gasteiger partial charge in [-0.25, -0.2) is 5.06 Å². The van der Waals surface area contributed by atoms with Crippen LogP contribution >= 0.6 is 0 Å². The molecule has 180 valence electrons. The Hall–Kier alpha value is -2.53. The normalized spacial score (nSPS) is 15.5. The molecule has 1 atom stereocenters. The number of likely N-dealkylation sites (N-methyl/N-ethyl adjacent to an activating group) is 1. The van der Waals surface area contributed by atoms with E-state index in [1.807, 2.05) is 13.8 Å². The summed E-state index contributed by atoms with van der Waals surface area (Å²) in [6.45, 7) is 12.8. The molecule has 0 aliphatic carbocycles. The Balaban J connectivity index is 2.08. The Morgan fingerprint density at radius 3 is 2.47 bits per heavy atom. The lowest BCUT2D eigenvalue weighted by Gasteiger charge is -2.34. The molecule has 0 unspecified atom stereocenters. The predicted molar refractivity (Wildman–Crippen MR) is 122 cm³/mol. The van der Waals surface area contributed by atoms with Gasteiger partial charge in [0.15, 0.2) is 0 Å². The highest BCUT2D eigenvalue weighted by Gasteiger charge is 2.23. The predicted octanol–water partition coefficient (Wildman–Crippen LogP) is 1.62. The van der Waals surface area contributed by atoms with Gasteiger partial charge in [0.05, 0.1) is 12.5 Å². The van der Waals surface area contributed by atoms with Crippen LogP contribution in [0, 0.1) is 5.92 Å². The number of anilines is 2. The molecule has 1 saturated heterocycles. The van der Waals surface area contributed by atoms with Crippen molar-refractivity contribution in [2.45, 2.75) is 59.3 Å². The van der Waals surface area contributed by atoms with Crippen LogP contribution < -0.4 is 15.8 Å². The second-order valence-electron chi connectivity index (χ2n) is 8.43. The molecule has 1 aromatic heterocycles. The number of piperazine rings is 1. The Kier molecular flexibility index (Phi) is 10.5. The van der Waals surface area contributed by atoms with Crippen molar-refractivity contribution in [2.75, 3.05) is 49.6 Å². The second-order valence-corrected chi connectivity index (χ2v) is 8.43. The van der Waals surface area contributed by atoms with Gasteiger partial charge in [0, 0.05) is 32.1 Å². The van der Waals surface area contributed by atoms with E-state index < -0.39 is 5.92 Å². The topological polar surface area (TPSA) is 127 Å². The Morgan fingerprint density at radius 1 is 1.16 bits per heavy atom. The van der Waals surface area contributed by atoms with Crippen LogP contribution in [0.5, 0.6) is 0 Å². The van der Waals surface area contributed by atoms with Crippen LogP contribution in [0.4, 0.5) is 11.9 Å². The van der Waals surface area contributed by atoms with E-state index in [1.165, 1.54) is 0 Å². The maximum absolute atomic E-state index is 12.7. The number of rotatable bonds is 13. The quantitative estimate of drug-likeness (QED) is 0.178. The highest BCUT2D eigenvalue weighted by atomic mass is 16.5. The second kappa shape index (κ2) is 13.1. The fourth-order valence-corrected chi connectivity index (χ4v) is 3.53. The van der Waals surface area contributed by atoms with Crippen molar-refractivity contribution in [3.63, 3.8) is 0 Å². The molecule has 0 radical (unpaired) electrons. The molecule has 2 heterocycles. The van der Waals surface area contributed by atoms with Crippen molar-refractivity contribution in [1.29, 1.82) is 0 Å². The summed E-state index contributed by atoms with van der Waals surface area (Å²) < 4.78 is 0. The zero-order valence-electron chi connectivity index (χ0n) is 19.8. The molecule has 1 aliphatic rings. The number of nitrogens with one attached hydrogen (secondary N) is 2. The average Bonchev–Trinajstić information content (AvgIpc) is 2.81. The van der Waals surface area contributed by atoms with Crippen LogP contribution in [0.2, 0.25) is 0 Å². The molecule has 11 heteroatoms. The summed E-state index contributed by atoms with van der Waals surface area (Å²) in [5, 5.41) is 10.1. The van der Waals surface area contributed by atoms with Gasteiger partial charge in [-0.3, -0.25) is 25.6 Å². The van der Waals surface area contributed by atoms with Crippen LogP contribution in [-0.4, -0.2) is 81.7 Å². The zero-order chi connectivity index (χ0) is 23.5. The summed E-state index contributed by atoms with van der Waals surface area (Å²) in [7, 11) is 0. The third-order valence-corrected chi connectivity index (χ3v) is 5.61. The van der Waals surface area contributed by atoms with Crippen LogP contribution in [0.15, 0.2) is 0 Å². The molecular formula is C21H38N8O3. The highest BCUT2D eigenvalue weighted by molar-refractivity contribution is 5.80. The molecule has 0 aromatic carbocycles. The number of amides is 2. The van der Waals surface area contributed by atoms with Gasteiger partial charge in [-0.15, -0.1) is 0 Å². The van der Waals surface area contributed by atoms with E-state index in [0.717, 1.165) is 52.0 Å². The first-order chi connectivity index (χ1) is 15.4. The van der Waals surface area contributed by atoms with Gasteiger partial charge in [-0.05, 0) is 13.0 Å². The molecule has 0 spiro atoms. The summed E-state index contributed by atoms with van der Waals surface area (Å²) in [6, 6.07) is 0. The number of hydrogen-bond acceptors (Lipinski definition) is 9. The molecule has 1 aliphatic heterocycles. The van der Waals surface area contributed by atoms with Gasteiger partial charge in [0.2, 0.25) is 24.2 Å². The number of hydroxylamine groups is 2. The van der Waals surface area contributed by atoms with E-state index in [-0.39, 0.29) is 24.3 Å². The Bertz CT molecular complexity index is 725. The lowest BCUT2D eigenvalue weighted by molar-refractivity contribution is -0.154. The lowest BCUT2D eigenvalue weighted by atomic mass is 10.0. The monoisotopic (exact) mass is 450 g/mol. The number of hydrogen-bond donors (Lipinski definition) is 3. The fraction of sp³-hybridized carbons (Fsp3) is 0.762. The van der Waals surface area contributed by atoms with E-state index in [9.17, 15) is 14.8 Å². The number of aromatic nitrogens is 3. The van der Waals surface area contributed by atoms with E-state index in [4.69, 9.17) is 0 Å². The Morgan fingerprint density at radius 2 is 1.88 bits per heavy atom. The largest absolute Gasteiger partial charge is 0.338 e. The number of nitrogens with zero attached hydrogens (tertiary/aromatic N) is 6. The third kappa shape index (κ3) is 7.86. The molecular weight excluding hydrogens is 412 g/mol. The zero-order valence-corrected chi connectivity index (χ0v) is 19.8.